The zero-order valence-electron chi connectivity index (χ0n) is 18.1. The molecule has 0 radical (unpaired) electrons. The largest absolute Gasteiger partial charge is 0.493 e. The SMILES string of the molecule is COc1cc2c(cc1OC)CN(C(=O)C1CCN(S(=O)(=O)c3cccnc3Cl)CC1)CC2. The van der Waals surface area contributed by atoms with Crippen molar-refractivity contribution in [3.63, 3.8) is 0 Å². The molecule has 2 aliphatic rings. The third-order valence-corrected chi connectivity index (χ3v) is 8.52. The monoisotopic (exact) mass is 479 g/mol. The minimum absolute atomic E-state index is 0.00320. The summed E-state index contributed by atoms with van der Waals surface area (Å²) >= 11 is 6.00. The molecule has 0 bridgehead atoms. The Morgan fingerprint density at radius 3 is 2.38 bits per heavy atom. The van der Waals surface area contributed by atoms with Gasteiger partial charge in [0.2, 0.25) is 15.9 Å². The second kappa shape index (κ2) is 9.25. The van der Waals surface area contributed by atoms with Crippen molar-refractivity contribution in [1.82, 2.24) is 14.2 Å². The molecule has 32 heavy (non-hydrogen) atoms. The summed E-state index contributed by atoms with van der Waals surface area (Å²) in [6.07, 6.45) is 3.15. The first kappa shape index (κ1) is 22.8. The van der Waals surface area contributed by atoms with Crippen LogP contribution in [-0.2, 0) is 27.8 Å². The molecule has 0 saturated carbocycles. The number of carbonyl (C=O) groups excluding carboxylic acids is 1. The Morgan fingerprint density at radius 2 is 1.75 bits per heavy atom. The molecule has 0 aliphatic carbocycles. The molecular formula is C22H26ClN3O5S. The van der Waals surface area contributed by atoms with E-state index in [4.69, 9.17) is 21.1 Å². The van der Waals surface area contributed by atoms with Gasteiger partial charge >= 0.3 is 0 Å². The number of methoxy groups -OCH3 is 2. The lowest BCUT2D eigenvalue weighted by Crippen LogP contribution is -2.45. The number of halogens is 1. The maximum Gasteiger partial charge on any atom is 0.246 e. The molecule has 10 heteroatoms. The van der Waals surface area contributed by atoms with E-state index >= 15 is 0 Å². The molecular weight excluding hydrogens is 454 g/mol. The molecule has 0 atom stereocenters. The molecule has 0 spiro atoms. The van der Waals surface area contributed by atoms with Crippen molar-refractivity contribution in [3.8, 4) is 11.5 Å². The Balaban J connectivity index is 1.42. The van der Waals surface area contributed by atoms with E-state index in [1.54, 1.807) is 20.3 Å². The van der Waals surface area contributed by atoms with Crippen molar-refractivity contribution in [2.75, 3.05) is 33.9 Å². The Bertz CT molecular complexity index is 1120. The molecule has 4 rings (SSSR count). The molecule has 8 nitrogen and oxygen atoms in total. The smallest absolute Gasteiger partial charge is 0.246 e. The summed E-state index contributed by atoms with van der Waals surface area (Å²) in [7, 11) is -0.530. The molecule has 1 aromatic carbocycles. The van der Waals surface area contributed by atoms with Gasteiger partial charge in [0.1, 0.15) is 10.0 Å². The van der Waals surface area contributed by atoms with E-state index in [2.05, 4.69) is 4.98 Å². The fourth-order valence-electron chi connectivity index (χ4n) is 4.38. The fourth-order valence-corrected chi connectivity index (χ4v) is 6.27. The summed E-state index contributed by atoms with van der Waals surface area (Å²) in [6.45, 7) is 1.70. The van der Waals surface area contributed by atoms with E-state index in [0.717, 1.165) is 17.5 Å². The summed E-state index contributed by atoms with van der Waals surface area (Å²) in [5, 5.41) is -0.0373. The fraction of sp³-hybridized carbons (Fsp3) is 0.455. The van der Waals surface area contributed by atoms with Crippen LogP contribution in [-0.4, -0.2) is 62.4 Å². The molecule has 0 unspecified atom stereocenters. The Hall–Kier alpha value is -2.36. The van der Waals surface area contributed by atoms with Crippen LogP contribution < -0.4 is 9.47 Å². The van der Waals surface area contributed by atoms with Crippen molar-refractivity contribution in [2.24, 2.45) is 5.92 Å². The number of sulfonamides is 1. The predicted molar refractivity (Wildman–Crippen MR) is 119 cm³/mol. The lowest BCUT2D eigenvalue weighted by molar-refractivity contribution is -0.137. The molecule has 172 valence electrons. The van der Waals surface area contributed by atoms with Gasteiger partial charge in [-0.15, -0.1) is 0 Å². The number of fused-ring (bicyclic) bond motifs is 1. The first-order valence-electron chi connectivity index (χ1n) is 10.5. The maximum absolute atomic E-state index is 13.2. The van der Waals surface area contributed by atoms with Gasteiger partial charge in [-0.2, -0.15) is 4.31 Å². The Kier molecular flexibility index (Phi) is 6.60. The van der Waals surface area contributed by atoms with Gasteiger partial charge in [-0.3, -0.25) is 4.79 Å². The number of ether oxygens (including phenoxy) is 2. The lowest BCUT2D eigenvalue weighted by atomic mass is 9.93. The van der Waals surface area contributed by atoms with E-state index in [1.807, 2.05) is 17.0 Å². The van der Waals surface area contributed by atoms with Crippen LogP contribution >= 0.6 is 11.6 Å². The van der Waals surface area contributed by atoms with E-state index in [-0.39, 0.29) is 35.0 Å². The van der Waals surface area contributed by atoms with Crippen LogP contribution in [0.5, 0.6) is 11.5 Å². The summed E-state index contributed by atoms with van der Waals surface area (Å²) < 4.78 is 38.0. The van der Waals surface area contributed by atoms with Gasteiger partial charge < -0.3 is 14.4 Å². The zero-order chi connectivity index (χ0) is 22.9. The second-order valence-electron chi connectivity index (χ2n) is 7.96. The van der Waals surface area contributed by atoms with Gasteiger partial charge in [-0.25, -0.2) is 13.4 Å². The quantitative estimate of drug-likeness (QED) is 0.612. The van der Waals surface area contributed by atoms with Crippen LogP contribution in [0.15, 0.2) is 35.4 Å². The van der Waals surface area contributed by atoms with Crippen molar-refractivity contribution < 1.29 is 22.7 Å². The Labute approximate surface area is 193 Å². The van der Waals surface area contributed by atoms with Crippen LogP contribution in [0.4, 0.5) is 0 Å². The molecule has 2 aromatic rings. The maximum atomic E-state index is 13.2. The summed E-state index contributed by atoms with van der Waals surface area (Å²) in [5.74, 6) is 1.20. The zero-order valence-corrected chi connectivity index (χ0v) is 19.7. The number of hydrogen-bond acceptors (Lipinski definition) is 6. The molecule has 1 aromatic heterocycles. The minimum atomic E-state index is -3.73. The van der Waals surface area contributed by atoms with Gasteiger partial charge in [-0.05, 0) is 54.7 Å². The molecule has 3 heterocycles. The van der Waals surface area contributed by atoms with Crippen LogP contribution in [0.2, 0.25) is 5.15 Å². The number of rotatable bonds is 5. The van der Waals surface area contributed by atoms with Crippen molar-refractivity contribution in [2.45, 2.75) is 30.7 Å². The highest BCUT2D eigenvalue weighted by atomic mass is 35.5. The number of benzene rings is 1. The number of carbonyl (C=O) groups is 1. The average molecular weight is 480 g/mol. The van der Waals surface area contributed by atoms with Crippen molar-refractivity contribution in [1.29, 1.82) is 0 Å². The predicted octanol–water partition coefficient (Wildman–Crippen LogP) is 2.74. The number of piperidine rings is 1. The standard InChI is InChI=1S/C22H26ClN3O5S/c1-30-18-12-16-5-9-25(14-17(16)13-19(18)31-2)22(27)15-6-10-26(11-7-15)32(28,29)20-4-3-8-24-21(20)23/h3-4,8,12-13,15H,5-7,9-11,14H2,1-2H3. The van der Waals surface area contributed by atoms with Crippen molar-refractivity contribution in [3.05, 3.63) is 46.7 Å². The highest BCUT2D eigenvalue weighted by molar-refractivity contribution is 7.89. The molecule has 1 saturated heterocycles. The van der Waals surface area contributed by atoms with Crippen LogP contribution in [0.3, 0.4) is 0 Å². The van der Waals surface area contributed by atoms with Crippen LogP contribution in [0, 0.1) is 5.92 Å². The third kappa shape index (κ3) is 4.29. The first-order valence-corrected chi connectivity index (χ1v) is 12.3. The number of nitrogens with zero attached hydrogens (tertiary/aromatic N) is 3. The summed E-state index contributed by atoms with van der Waals surface area (Å²) in [4.78, 5) is 18.9. The molecule has 1 fully saturated rings. The second-order valence-corrected chi connectivity index (χ2v) is 10.2. The normalized spacial score (nSPS) is 17.7. The van der Waals surface area contributed by atoms with Crippen LogP contribution in [0.25, 0.3) is 0 Å². The van der Waals surface area contributed by atoms with Crippen LogP contribution in [0.1, 0.15) is 24.0 Å². The number of pyridine rings is 1. The number of amides is 1. The van der Waals surface area contributed by atoms with E-state index in [9.17, 15) is 13.2 Å². The third-order valence-electron chi connectivity index (χ3n) is 6.18. The summed E-state index contributed by atoms with van der Waals surface area (Å²) in [5.41, 5.74) is 2.20. The first-order chi connectivity index (χ1) is 15.3. The van der Waals surface area contributed by atoms with E-state index in [1.165, 1.54) is 16.6 Å². The molecule has 0 N–H and O–H groups in total. The number of hydrogen-bond donors (Lipinski definition) is 0. The topological polar surface area (TPSA) is 89.0 Å². The Morgan fingerprint density at radius 1 is 1.09 bits per heavy atom. The highest BCUT2D eigenvalue weighted by Crippen LogP contribution is 2.34. The van der Waals surface area contributed by atoms with Gasteiger partial charge in [-0.1, -0.05) is 11.6 Å². The molecule has 2 aliphatic heterocycles. The van der Waals surface area contributed by atoms with Gasteiger partial charge in [0, 0.05) is 38.3 Å². The van der Waals surface area contributed by atoms with E-state index < -0.39 is 10.0 Å². The van der Waals surface area contributed by atoms with Crippen molar-refractivity contribution >= 4 is 27.5 Å². The van der Waals surface area contributed by atoms with Gasteiger partial charge in [0.05, 0.1) is 14.2 Å². The molecule has 1 amide bonds. The average Bonchev–Trinajstić information content (AvgIpc) is 2.82. The van der Waals surface area contributed by atoms with E-state index in [0.29, 0.717) is 37.4 Å². The summed E-state index contributed by atoms with van der Waals surface area (Å²) in [6, 6.07) is 6.91. The number of aromatic nitrogens is 1. The lowest BCUT2D eigenvalue weighted by Gasteiger charge is -2.36. The highest BCUT2D eigenvalue weighted by Gasteiger charge is 2.35. The van der Waals surface area contributed by atoms with Gasteiger partial charge in [0.15, 0.2) is 11.5 Å². The minimum Gasteiger partial charge on any atom is -0.493 e. The van der Waals surface area contributed by atoms with Gasteiger partial charge in [0.25, 0.3) is 0 Å².